The molecule has 0 saturated carbocycles. The smallest absolute Gasteiger partial charge is 0.324 e. The Hall–Kier alpha value is -3.26. The van der Waals surface area contributed by atoms with E-state index in [0.29, 0.717) is 16.9 Å². The van der Waals surface area contributed by atoms with Crippen molar-refractivity contribution in [1.29, 1.82) is 0 Å². The first-order valence-corrected chi connectivity index (χ1v) is 12.0. The number of methoxy groups -OCH3 is 1. The van der Waals surface area contributed by atoms with Gasteiger partial charge in [-0.25, -0.2) is 0 Å². The van der Waals surface area contributed by atoms with Crippen LogP contribution in [-0.4, -0.2) is 67.3 Å². The summed E-state index contributed by atoms with van der Waals surface area (Å²) < 4.78 is 10.7. The van der Waals surface area contributed by atoms with Gasteiger partial charge in [0, 0.05) is 61.5 Å². The van der Waals surface area contributed by atoms with E-state index in [9.17, 15) is 4.79 Å². The molecule has 5 rings (SSSR count). The monoisotopic (exact) mass is 481 g/mol. The summed E-state index contributed by atoms with van der Waals surface area (Å²) in [7, 11) is 1.67. The Kier molecular flexibility index (Phi) is 6.58. The van der Waals surface area contributed by atoms with Crippen molar-refractivity contribution in [2.24, 2.45) is 5.92 Å². The van der Waals surface area contributed by atoms with Crippen molar-refractivity contribution in [1.82, 2.24) is 15.0 Å². The second kappa shape index (κ2) is 9.93. The van der Waals surface area contributed by atoms with Crippen LogP contribution in [0.1, 0.15) is 12.8 Å². The molecule has 9 heteroatoms. The predicted molar refractivity (Wildman–Crippen MR) is 131 cm³/mol. The maximum atomic E-state index is 13.1. The molecular formula is C25H28ClN5O3. The Bertz CT molecular complexity index is 1100. The van der Waals surface area contributed by atoms with Gasteiger partial charge in [-0.3, -0.25) is 4.79 Å². The molecule has 2 aliphatic heterocycles. The Labute approximate surface area is 204 Å². The number of ether oxygens (including phenoxy) is 1. The lowest BCUT2D eigenvalue weighted by molar-refractivity contribution is -0.136. The fourth-order valence-corrected chi connectivity index (χ4v) is 4.74. The van der Waals surface area contributed by atoms with Crippen LogP contribution in [0.15, 0.2) is 53.1 Å². The van der Waals surface area contributed by atoms with Gasteiger partial charge in [-0.05, 0) is 61.4 Å². The quantitative estimate of drug-likeness (QED) is 0.546. The van der Waals surface area contributed by atoms with Gasteiger partial charge in [-0.15, -0.1) is 0 Å². The molecule has 2 aromatic carbocycles. The van der Waals surface area contributed by atoms with Crippen molar-refractivity contribution < 1.29 is 14.1 Å². The van der Waals surface area contributed by atoms with Crippen molar-refractivity contribution >= 4 is 29.2 Å². The molecule has 0 spiro atoms. The third-order valence-corrected chi connectivity index (χ3v) is 6.91. The fraction of sp³-hybridized carbons (Fsp3) is 0.400. The maximum absolute atomic E-state index is 13.1. The average molecular weight is 482 g/mol. The SMILES string of the molecule is COc1ccc(N2CCN(C(=O)C3CCN(c4nc(-c5ccc(Cl)cc5)no4)CC3)CC2)cc1. The fourth-order valence-electron chi connectivity index (χ4n) is 4.61. The lowest BCUT2D eigenvalue weighted by atomic mass is 9.95. The Morgan fingerprint density at radius 3 is 2.26 bits per heavy atom. The van der Waals surface area contributed by atoms with Gasteiger partial charge in [0.15, 0.2) is 0 Å². The zero-order chi connectivity index (χ0) is 23.5. The summed E-state index contributed by atoms with van der Waals surface area (Å²) in [6, 6.07) is 16.0. The number of carbonyl (C=O) groups excluding carboxylic acids is 1. The molecule has 2 fully saturated rings. The summed E-state index contributed by atoms with van der Waals surface area (Å²) in [5.74, 6) is 1.70. The van der Waals surface area contributed by atoms with Gasteiger partial charge < -0.3 is 24.0 Å². The first-order valence-electron chi connectivity index (χ1n) is 11.6. The van der Waals surface area contributed by atoms with Crippen molar-refractivity contribution in [3.05, 3.63) is 53.6 Å². The molecule has 0 N–H and O–H groups in total. The summed E-state index contributed by atoms with van der Waals surface area (Å²) in [5, 5.41) is 4.77. The molecule has 178 valence electrons. The summed E-state index contributed by atoms with van der Waals surface area (Å²) in [6.07, 6.45) is 1.58. The second-order valence-electron chi connectivity index (χ2n) is 8.68. The molecule has 2 saturated heterocycles. The highest BCUT2D eigenvalue weighted by atomic mass is 35.5. The standard InChI is InChI=1S/C25H28ClN5O3/c1-33-22-8-6-21(7-9-22)29-14-16-30(17-15-29)24(32)19-10-12-31(13-11-19)25-27-23(28-34-25)18-2-4-20(26)5-3-18/h2-9,19H,10-17H2,1H3. The predicted octanol–water partition coefficient (Wildman–Crippen LogP) is 3.96. The molecule has 0 atom stereocenters. The van der Waals surface area contributed by atoms with Crippen molar-refractivity contribution in [3.63, 3.8) is 0 Å². The molecule has 1 aromatic heterocycles. The molecule has 1 amide bonds. The number of carbonyl (C=O) groups is 1. The summed E-state index contributed by atoms with van der Waals surface area (Å²) in [6.45, 7) is 4.63. The van der Waals surface area contributed by atoms with Crippen molar-refractivity contribution in [2.75, 3.05) is 56.2 Å². The molecule has 0 aliphatic carbocycles. The minimum Gasteiger partial charge on any atom is -0.497 e. The molecule has 0 radical (unpaired) electrons. The van der Waals surface area contributed by atoms with Crippen LogP contribution in [0.3, 0.4) is 0 Å². The van der Waals surface area contributed by atoms with Gasteiger partial charge in [0.25, 0.3) is 0 Å². The number of nitrogens with zero attached hydrogens (tertiary/aromatic N) is 5. The number of hydrogen-bond acceptors (Lipinski definition) is 7. The second-order valence-corrected chi connectivity index (χ2v) is 9.12. The van der Waals surface area contributed by atoms with Crippen LogP contribution in [0.2, 0.25) is 5.02 Å². The van der Waals surface area contributed by atoms with E-state index in [2.05, 4.69) is 32.1 Å². The van der Waals surface area contributed by atoms with E-state index in [-0.39, 0.29) is 11.8 Å². The first kappa shape index (κ1) is 22.5. The highest BCUT2D eigenvalue weighted by Crippen LogP contribution is 2.27. The number of anilines is 2. The van der Waals surface area contributed by atoms with Crippen LogP contribution in [0.4, 0.5) is 11.7 Å². The minimum absolute atomic E-state index is 0.0439. The highest BCUT2D eigenvalue weighted by molar-refractivity contribution is 6.30. The third-order valence-electron chi connectivity index (χ3n) is 6.66. The molecule has 0 unspecified atom stereocenters. The highest BCUT2D eigenvalue weighted by Gasteiger charge is 2.32. The molecule has 3 aromatic rings. The number of rotatable bonds is 5. The normalized spacial score (nSPS) is 17.2. The van der Waals surface area contributed by atoms with Gasteiger partial charge in [0.2, 0.25) is 11.7 Å². The molecule has 3 heterocycles. The van der Waals surface area contributed by atoms with Gasteiger partial charge in [-0.1, -0.05) is 16.8 Å². The van der Waals surface area contributed by atoms with Gasteiger partial charge in [0.1, 0.15) is 5.75 Å². The lowest BCUT2D eigenvalue weighted by Gasteiger charge is -2.39. The van der Waals surface area contributed by atoms with Crippen LogP contribution in [-0.2, 0) is 4.79 Å². The zero-order valence-corrected chi connectivity index (χ0v) is 19.9. The van der Waals surface area contributed by atoms with Gasteiger partial charge in [0.05, 0.1) is 7.11 Å². The molecule has 8 nitrogen and oxygen atoms in total. The van der Waals surface area contributed by atoms with E-state index < -0.39 is 0 Å². The summed E-state index contributed by atoms with van der Waals surface area (Å²) in [5.41, 5.74) is 2.02. The average Bonchev–Trinajstić information content (AvgIpc) is 3.39. The van der Waals surface area contributed by atoms with Crippen LogP contribution in [0, 0.1) is 5.92 Å². The van der Waals surface area contributed by atoms with E-state index in [4.69, 9.17) is 20.9 Å². The number of aromatic nitrogens is 2. The summed E-state index contributed by atoms with van der Waals surface area (Å²) >= 11 is 5.96. The largest absolute Gasteiger partial charge is 0.497 e. The minimum atomic E-state index is 0.0439. The number of benzene rings is 2. The van der Waals surface area contributed by atoms with E-state index in [1.54, 1.807) is 19.2 Å². The summed E-state index contributed by atoms with van der Waals surface area (Å²) in [4.78, 5) is 24.1. The molecular weight excluding hydrogens is 454 g/mol. The number of piperazine rings is 1. The number of halogens is 1. The van der Waals surface area contributed by atoms with E-state index in [1.807, 2.05) is 29.2 Å². The number of amides is 1. The molecule has 2 aliphatic rings. The lowest BCUT2D eigenvalue weighted by Crippen LogP contribution is -2.51. The van der Waals surface area contributed by atoms with Crippen LogP contribution < -0.4 is 14.5 Å². The van der Waals surface area contributed by atoms with Crippen LogP contribution in [0.25, 0.3) is 11.4 Å². The molecule has 0 bridgehead atoms. The van der Waals surface area contributed by atoms with E-state index >= 15 is 0 Å². The topological polar surface area (TPSA) is 74.9 Å². The van der Waals surface area contributed by atoms with Crippen molar-refractivity contribution in [3.8, 4) is 17.1 Å². The molecule has 34 heavy (non-hydrogen) atoms. The zero-order valence-electron chi connectivity index (χ0n) is 19.2. The van der Waals surface area contributed by atoms with E-state index in [1.165, 1.54) is 5.69 Å². The maximum Gasteiger partial charge on any atom is 0.324 e. The Morgan fingerprint density at radius 1 is 0.941 bits per heavy atom. The van der Waals surface area contributed by atoms with Gasteiger partial charge >= 0.3 is 6.01 Å². The van der Waals surface area contributed by atoms with Crippen LogP contribution in [0.5, 0.6) is 5.75 Å². The number of piperidine rings is 1. The Morgan fingerprint density at radius 2 is 1.62 bits per heavy atom. The Balaban J connectivity index is 1.12. The van der Waals surface area contributed by atoms with E-state index in [0.717, 1.165) is 63.4 Å². The van der Waals surface area contributed by atoms with Gasteiger partial charge in [-0.2, -0.15) is 4.98 Å². The van der Waals surface area contributed by atoms with Crippen molar-refractivity contribution in [2.45, 2.75) is 12.8 Å². The third kappa shape index (κ3) is 4.82. The number of hydrogen-bond donors (Lipinski definition) is 0. The van der Waals surface area contributed by atoms with Crippen LogP contribution >= 0.6 is 11.6 Å². The first-order chi connectivity index (χ1) is 16.6.